The smallest absolute Gasteiger partial charge is 0.265 e. The number of hydrogen-bond acceptors (Lipinski definition) is 5. The summed E-state index contributed by atoms with van der Waals surface area (Å²) in [5.41, 5.74) is 3.55. The van der Waals surface area contributed by atoms with E-state index >= 15 is 0 Å². The molecule has 6 nitrogen and oxygen atoms in total. The van der Waals surface area contributed by atoms with Crippen LogP contribution in [-0.4, -0.2) is 28.5 Å². The van der Waals surface area contributed by atoms with E-state index in [1.165, 1.54) is 0 Å². The second kappa shape index (κ2) is 7.97. The fourth-order valence-electron chi connectivity index (χ4n) is 2.98. The summed E-state index contributed by atoms with van der Waals surface area (Å²) in [4.78, 5) is 18.2. The molecule has 0 bridgehead atoms. The summed E-state index contributed by atoms with van der Waals surface area (Å²) in [6.45, 7) is 3.68. The second-order valence-electron chi connectivity index (χ2n) is 6.70. The highest BCUT2D eigenvalue weighted by Gasteiger charge is 2.17. The molecule has 0 saturated carbocycles. The first-order valence-corrected chi connectivity index (χ1v) is 10.1. The van der Waals surface area contributed by atoms with Gasteiger partial charge in [-0.3, -0.25) is 9.20 Å². The van der Waals surface area contributed by atoms with Gasteiger partial charge in [-0.1, -0.05) is 18.2 Å². The Morgan fingerprint density at radius 3 is 2.86 bits per heavy atom. The molecule has 1 unspecified atom stereocenters. The summed E-state index contributed by atoms with van der Waals surface area (Å²) in [6.07, 6.45) is 3.26. The number of nitrogens with zero attached hydrogens (tertiary/aromatic N) is 2. The van der Waals surface area contributed by atoms with Gasteiger partial charge in [0.05, 0.1) is 12.8 Å². The molecule has 0 aliphatic rings. The van der Waals surface area contributed by atoms with E-state index in [2.05, 4.69) is 10.3 Å². The SMILES string of the molecule is COc1cc(C)ccc1OC(C)C(=O)Nc1cccc(-c2cn3ccsc3n2)c1. The van der Waals surface area contributed by atoms with Crippen molar-refractivity contribution in [2.24, 2.45) is 0 Å². The lowest BCUT2D eigenvalue weighted by atomic mass is 10.1. The van der Waals surface area contributed by atoms with Crippen LogP contribution in [0.25, 0.3) is 16.2 Å². The van der Waals surface area contributed by atoms with Crippen LogP contribution in [0.2, 0.25) is 0 Å². The third kappa shape index (κ3) is 4.09. The Morgan fingerprint density at radius 1 is 1.21 bits per heavy atom. The van der Waals surface area contributed by atoms with Crippen molar-refractivity contribution in [1.82, 2.24) is 9.38 Å². The summed E-state index contributed by atoms with van der Waals surface area (Å²) in [7, 11) is 1.58. The van der Waals surface area contributed by atoms with E-state index in [1.807, 2.05) is 71.6 Å². The number of fused-ring (bicyclic) bond motifs is 1. The van der Waals surface area contributed by atoms with E-state index in [9.17, 15) is 4.79 Å². The van der Waals surface area contributed by atoms with Crippen LogP contribution in [0.15, 0.2) is 60.2 Å². The number of carbonyl (C=O) groups is 1. The van der Waals surface area contributed by atoms with Crippen LogP contribution in [0.4, 0.5) is 5.69 Å². The number of amides is 1. The van der Waals surface area contributed by atoms with Crippen molar-refractivity contribution in [3.8, 4) is 22.8 Å². The number of benzene rings is 2. The molecular weight excluding hydrogens is 386 g/mol. The predicted molar refractivity (Wildman–Crippen MR) is 115 cm³/mol. The Hall–Kier alpha value is -3.32. The number of methoxy groups -OCH3 is 1. The van der Waals surface area contributed by atoms with Gasteiger partial charge < -0.3 is 14.8 Å². The highest BCUT2D eigenvalue weighted by atomic mass is 32.1. The molecule has 2 aromatic carbocycles. The van der Waals surface area contributed by atoms with Crippen LogP contribution in [0.3, 0.4) is 0 Å². The summed E-state index contributed by atoms with van der Waals surface area (Å²) in [6, 6.07) is 13.2. The number of anilines is 1. The van der Waals surface area contributed by atoms with E-state index in [0.29, 0.717) is 17.2 Å². The van der Waals surface area contributed by atoms with Crippen LogP contribution in [0, 0.1) is 6.92 Å². The van der Waals surface area contributed by atoms with E-state index in [0.717, 1.165) is 21.8 Å². The normalized spacial score (nSPS) is 12.0. The first-order chi connectivity index (χ1) is 14.0. The number of nitrogens with one attached hydrogen (secondary N) is 1. The number of imidazole rings is 1. The number of ether oxygens (including phenoxy) is 2. The summed E-state index contributed by atoms with van der Waals surface area (Å²) in [5, 5.41) is 4.91. The van der Waals surface area contributed by atoms with Crippen molar-refractivity contribution in [3.63, 3.8) is 0 Å². The van der Waals surface area contributed by atoms with Gasteiger partial charge in [0.1, 0.15) is 0 Å². The Balaban J connectivity index is 1.47. The fourth-order valence-corrected chi connectivity index (χ4v) is 3.68. The molecular formula is C22H21N3O3S. The van der Waals surface area contributed by atoms with Gasteiger partial charge in [-0.2, -0.15) is 0 Å². The van der Waals surface area contributed by atoms with Gasteiger partial charge in [-0.05, 0) is 43.7 Å². The van der Waals surface area contributed by atoms with Crippen LogP contribution < -0.4 is 14.8 Å². The third-order valence-electron chi connectivity index (χ3n) is 4.51. The number of aryl methyl sites for hydroxylation is 1. The molecule has 7 heteroatoms. The lowest BCUT2D eigenvalue weighted by Crippen LogP contribution is -2.30. The molecule has 1 amide bonds. The molecule has 4 rings (SSSR count). The minimum atomic E-state index is -0.687. The zero-order chi connectivity index (χ0) is 20.4. The number of carbonyl (C=O) groups excluding carboxylic acids is 1. The van der Waals surface area contributed by atoms with Crippen molar-refractivity contribution in [1.29, 1.82) is 0 Å². The van der Waals surface area contributed by atoms with Crippen molar-refractivity contribution in [3.05, 3.63) is 65.8 Å². The molecule has 0 radical (unpaired) electrons. The minimum Gasteiger partial charge on any atom is -0.493 e. The maximum absolute atomic E-state index is 12.6. The molecule has 29 heavy (non-hydrogen) atoms. The molecule has 0 aliphatic heterocycles. The molecule has 0 fully saturated rings. The van der Waals surface area contributed by atoms with E-state index in [-0.39, 0.29) is 5.91 Å². The maximum Gasteiger partial charge on any atom is 0.265 e. The van der Waals surface area contributed by atoms with E-state index in [1.54, 1.807) is 25.4 Å². The molecule has 4 aromatic rings. The molecule has 0 saturated heterocycles. The maximum atomic E-state index is 12.6. The molecule has 2 heterocycles. The summed E-state index contributed by atoms with van der Waals surface area (Å²) in [5.74, 6) is 0.898. The largest absolute Gasteiger partial charge is 0.493 e. The van der Waals surface area contributed by atoms with Crippen molar-refractivity contribution in [2.75, 3.05) is 12.4 Å². The van der Waals surface area contributed by atoms with Crippen molar-refractivity contribution >= 4 is 27.9 Å². The lowest BCUT2D eigenvalue weighted by molar-refractivity contribution is -0.122. The van der Waals surface area contributed by atoms with Gasteiger partial charge in [-0.25, -0.2) is 4.98 Å². The van der Waals surface area contributed by atoms with E-state index < -0.39 is 6.10 Å². The lowest BCUT2D eigenvalue weighted by Gasteiger charge is -2.17. The fraction of sp³-hybridized carbons (Fsp3) is 0.182. The molecule has 2 aromatic heterocycles. The predicted octanol–water partition coefficient (Wildman–Crippen LogP) is 4.79. The van der Waals surface area contributed by atoms with Crippen LogP contribution >= 0.6 is 11.3 Å². The number of thiazole rings is 1. The zero-order valence-electron chi connectivity index (χ0n) is 16.4. The van der Waals surface area contributed by atoms with Crippen LogP contribution in [-0.2, 0) is 4.79 Å². The first kappa shape index (κ1) is 19.0. The Kier molecular flexibility index (Phi) is 5.22. The average Bonchev–Trinajstić information content (AvgIpc) is 3.31. The quantitative estimate of drug-likeness (QED) is 0.499. The molecule has 0 aliphatic carbocycles. The van der Waals surface area contributed by atoms with Crippen LogP contribution in [0.1, 0.15) is 12.5 Å². The first-order valence-electron chi connectivity index (χ1n) is 9.18. The molecule has 0 spiro atoms. The molecule has 148 valence electrons. The number of rotatable bonds is 6. The highest BCUT2D eigenvalue weighted by molar-refractivity contribution is 7.15. The topological polar surface area (TPSA) is 64.9 Å². The Morgan fingerprint density at radius 2 is 2.07 bits per heavy atom. The van der Waals surface area contributed by atoms with Gasteiger partial charge in [0.2, 0.25) is 0 Å². The molecule has 1 N–H and O–H groups in total. The molecule has 1 atom stereocenters. The van der Waals surface area contributed by atoms with Gasteiger partial charge in [-0.15, -0.1) is 11.3 Å². The highest BCUT2D eigenvalue weighted by Crippen LogP contribution is 2.29. The van der Waals surface area contributed by atoms with Crippen molar-refractivity contribution in [2.45, 2.75) is 20.0 Å². The zero-order valence-corrected chi connectivity index (χ0v) is 17.2. The Labute approximate surface area is 172 Å². The third-order valence-corrected chi connectivity index (χ3v) is 5.28. The Bertz CT molecular complexity index is 1140. The second-order valence-corrected chi connectivity index (χ2v) is 7.58. The van der Waals surface area contributed by atoms with Gasteiger partial charge in [0, 0.05) is 29.0 Å². The van der Waals surface area contributed by atoms with Crippen molar-refractivity contribution < 1.29 is 14.3 Å². The average molecular weight is 407 g/mol. The summed E-state index contributed by atoms with van der Waals surface area (Å²) < 4.78 is 13.1. The van der Waals surface area contributed by atoms with Gasteiger partial charge >= 0.3 is 0 Å². The number of hydrogen-bond donors (Lipinski definition) is 1. The van der Waals surface area contributed by atoms with Crippen LogP contribution in [0.5, 0.6) is 11.5 Å². The number of aromatic nitrogens is 2. The standard InChI is InChI=1S/C22H21N3O3S/c1-14-7-8-19(20(11-14)27-3)28-15(2)21(26)23-17-6-4-5-16(12-17)18-13-25-9-10-29-22(25)24-18/h4-13,15H,1-3H3,(H,23,26). The monoisotopic (exact) mass is 407 g/mol. The van der Waals surface area contributed by atoms with Gasteiger partial charge in [0.15, 0.2) is 22.6 Å². The minimum absolute atomic E-state index is 0.240. The van der Waals surface area contributed by atoms with Gasteiger partial charge in [0.25, 0.3) is 5.91 Å². The summed E-state index contributed by atoms with van der Waals surface area (Å²) >= 11 is 1.58. The van der Waals surface area contributed by atoms with E-state index in [4.69, 9.17) is 9.47 Å².